The molecule has 0 saturated carbocycles. The average Bonchev–Trinajstić information content (AvgIpc) is 3.15. The standard InChI is InChI=1S/C20H29N3O4/c1-15-5-6-18(22-7-3-4-8-22)17(11-15)20(26)23-9-10-27-16(13-23)12-21(2)14-19(24)25/h5-6,11,16H,3-4,7-10,12-14H2,1-2H3,(H,24,25). The van der Waals surface area contributed by atoms with Gasteiger partial charge in [0.25, 0.3) is 5.91 Å². The van der Waals surface area contributed by atoms with Gasteiger partial charge in [0.1, 0.15) is 0 Å². The van der Waals surface area contributed by atoms with Crippen LogP contribution in [0.5, 0.6) is 0 Å². The second-order valence-corrected chi connectivity index (χ2v) is 7.55. The minimum Gasteiger partial charge on any atom is -0.480 e. The molecule has 1 aromatic carbocycles. The number of aliphatic carboxylic acids is 1. The maximum Gasteiger partial charge on any atom is 0.317 e. The van der Waals surface area contributed by atoms with E-state index in [-0.39, 0.29) is 18.6 Å². The van der Waals surface area contributed by atoms with Gasteiger partial charge in [0.05, 0.1) is 24.8 Å². The van der Waals surface area contributed by atoms with Crippen LogP contribution in [0.2, 0.25) is 0 Å². The highest BCUT2D eigenvalue weighted by molar-refractivity contribution is 6.00. The molecule has 148 valence electrons. The fraction of sp³-hybridized carbons (Fsp3) is 0.600. The monoisotopic (exact) mass is 375 g/mol. The lowest BCUT2D eigenvalue weighted by Crippen LogP contribution is -2.49. The molecule has 2 saturated heterocycles. The zero-order chi connectivity index (χ0) is 19.4. The fourth-order valence-electron chi connectivity index (χ4n) is 3.88. The molecule has 0 radical (unpaired) electrons. The zero-order valence-corrected chi connectivity index (χ0v) is 16.2. The van der Waals surface area contributed by atoms with Crippen molar-refractivity contribution in [1.82, 2.24) is 9.80 Å². The van der Waals surface area contributed by atoms with Crippen molar-refractivity contribution >= 4 is 17.6 Å². The van der Waals surface area contributed by atoms with Gasteiger partial charge >= 0.3 is 5.97 Å². The molecule has 7 nitrogen and oxygen atoms in total. The second-order valence-electron chi connectivity index (χ2n) is 7.55. The first-order valence-electron chi connectivity index (χ1n) is 9.61. The first-order chi connectivity index (χ1) is 12.9. The molecule has 0 bridgehead atoms. The molecule has 7 heteroatoms. The molecule has 0 aromatic heterocycles. The van der Waals surface area contributed by atoms with Crippen molar-refractivity contribution in [3.8, 4) is 0 Å². The Morgan fingerprint density at radius 2 is 2.00 bits per heavy atom. The van der Waals surface area contributed by atoms with Crippen LogP contribution in [0.1, 0.15) is 28.8 Å². The van der Waals surface area contributed by atoms with Crippen LogP contribution >= 0.6 is 0 Å². The Kier molecular flexibility index (Phi) is 6.34. The van der Waals surface area contributed by atoms with Crippen molar-refractivity contribution in [3.05, 3.63) is 29.3 Å². The summed E-state index contributed by atoms with van der Waals surface area (Å²) in [5.41, 5.74) is 2.86. The van der Waals surface area contributed by atoms with Gasteiger partial charge in [0.2, 0.25) is 0 Å². The highest BCUT2D eigenvalue weighted by Gasteiger charge is 2.29. The van der Waals surface area contributed by atoms with Gasteiger partial charge in [-0.25, -0.2) is 0 Å². The van der Waals surface area contributed by atoms with E-state index >= 15 is 0 Å². The van der Waals surface area contributed by atoms with E-state index in [1.54, 1.807) is 11.9 Å². The van der Waals surface area contributed by atoms with Gasteiger partial charge in [-0.3, -0.25) is 14.5 Å². The largest absolute Gasteiger partial charge is 0.480 e. The number of hydrogen-bond acceptors (Lipinski definition) is 5. The maximum absolute atomic E-state index is 13.3. The predicted octanol–water partition coefficient (Wildman–Crippen LogP) is 1.45. The Hall–Kier alpha value is -2.12. The first kappa shape index (κ1) is 19.6. The van der Waals surface area contributed by atoms with Crippen LogP contribution in [0.25, 0.3) is 0 Å². The number of carboxylic acid groups (broad SMARTS) is 1. The van der Waals surface area contributed by atoms with E-state index in [1.807, 2.05) is 17.9 Å². The van der Waals surface area contributed by atoms with Gasteiger partial charge in [0.15, 0.2) is 0 Å². The van der Waals surface area contributed by atoms with E-state index in [9.17, 15) is 9.59 Å². The number of amides is 1. The van der Waals surface area contributed by atoms with Crippen LogP contribution in [0.3, 0.4) is 0 Å². The van der Waals surface area contributed by atoms with Gasteiger partial charge in [-0.1, -0.05) is 11.6 Å². The van der Waals surface area contributed by atoms with Crippen LogP contribution in [-0.4, -0.2) is 85.8 Å². The molecule has 0 aliphatic carbocycles. The number of rotatable bonds is 6. The summed E-state index contributed by atoms with van der Waals surface area (Å²) in [6.45, 7) is 5.97. The van der Waals surface area contributed by atoms with Crippen molar-refractivity contribution in [2.24, 2.45) is 0 Å². The van der Waals surface area contributed by atoms with Crippen LogP contribution in [-0.2, 0) is 9.53 Å². The molecule has 1 aromatic rings. The van der Waals surface area contributed by atoms with E-state index in [1.165, 1.54) is 0 Å². The number of carbonyl (C=O) groups excluding carboxylic acids is 1. The quantitative estimate of drug-likeness (QED) is 0.811. The molecule has 0 spiro atoms. The Morgan fingerprint density at radius 1 is 1.26 bits per heavy atom. The summed E-state index contributed by atoms with van der Waals surface area (Å²) < 4.78 is 5.76. The predicted molar refractivity (Wildman–Crippen MR) is 103 cm³/mol. The van der Waals surface area contributed by atoms with Crippen LogP contribution in [0, 0.1) is 6.92 Å². The number of hydrogen-bond donors (Lipinski definition) is 1. The topological polar surface area (TPSA) is 73.3 Å². The molecule has 1 unspecified atom stereocenters. The lowest BCUT2D eigenvalue weighted by Gasteiger charge is -2.35. The van der Waals surface area contributed by atoms with E-state index in [2.05, 4.69) is 17.0 Å². The highest BCUT2D eigenvalue weighted by atomic mass is 16.5. The summed E-state index contributed by atoms with van der Waals surface area (Å²) >= 11 is 0. The van der Waals surface area contributed by atoms with E-state index in [4.69, 9.17) is 9.84 Å². The highest BCUT2D eigenvalue weighted by Crippen LogP contribution is 2.27. The molecular weight excluding hydrogens is 346 g/mol. The molecule has 2 heterocycles. The summed E-state index contributed by atoms with van der Waals surface area (Å²) in [6.07, 6.45) is 2.15. The average molecular weight is 375 g/mol. The normalized spacial score (nSPS) is 20.3. The van der Waals surface area contributed by atoms with E-state index in [0.717, 1.165) is 42.7 Å². The number of benzene rings is 1. The Labute approximate surface area is 160 Å². The van der Waals surface area contributed by atoms with E-state index in [0.29, 0.717) is 26.2 Å². The Morgan fingerprint density at radius 3 is 2.70 bits per heavy atom. The SMILES string of the molecule is Cc1ccc(N2CCCC2)c(C(=O)N2CCOC(CN(C)CC(=O)O)C2)c1. The molecular formula is C20H29N3O4. The molecule has 1 atom stereocenters. The fourth-order valence-corrected chi connectivity index (χ4v) is 3.88. The lowest BCUT2D eigenvalue weighted by molar-refractivity contribution is -0.138. The molecule has 3 rings (SSSR count). The van der Waals surface area contributed by atoms with Gasteiger partial charge in [-0.05, 0) is 38.9 Å². The second kappa shape index (κ2) is 8.71. The van der Waals surface area contributed by atoms with Gasteiger partial charge in [0, 0.05) is 38.4 Å². The summed E-state index contributed by atoms with van der Waals surface area (Å²) in [5.74, 6) is -0.828. The minimum atomic E-state index is -0.865. The molecule has 27 heavy (non-hydrogen) atoms. The Bertz CT molecular complexity index is 688. The number of nitrogens with zero attached hydrogens (tertiary/aromatic N) is 3. The number of aryl methyl sites for hydroxylation is 1. The summed E-state index contributed by atoms with van der Waals surface area (Å²) in [7, 11) is 1.75. The minimum absolute atomic E-state index is 0.0368. The van der Waals surface area contributed by atoms with Crippen molar-refractivity contribution in [3.63, 3.8) is 0 Å². The third-order valence-corrected chi connectivity index (χ3v) is 5.18. The van der Waals surface area contributed by atoms with Gasteiger partial charge in [-0.15, -0.1) is 0 Å². The first-order valence-corrected chi connectivity index (χ1v) is 9.61. The lowest BCUT2D eigenvalue weighted by atomic mass is 10.1. The third-order valence-electron chi connectivity index (χ3n) is 5.18. The van der Waals surface area contributed by atoms with Crippen molar-refractivity contribution < 1.29 is 19.4 Å². The molecule has 2 aliphatic heterocycles. The van der Waals surface area contributed by atoms with Crippen LogP contribution in [0.15, 0.2) is 18.2 Å². The van der Waals surface area contributed by atoms with Gasteiger partial charge < -0.3 is 19.6 Å². The van der Waals surface area contributed by atoms with Crippen LogP contribution in [0.4, 0.5) is 5.69 Å². The summed E-state index contributed by atoms with van der Waals surface area (Å²) in [5, 5.41) is 8.91. The zero-order valence-electron chi connectivity index (χ0n) is 16.2. The molecule has 1 amide bonds. The summed E-state index contributed by atoms with van der Waals surface area (Å²) in [6, 6.07) is 6.11. The smallest absolute Gasteiger partial charge is 0.317 e. The number of carboxylic acids is 1. The number of likely N-dealkylation sites (N-methyl/N-ethyl adjacent to an activating group) is 1. The van der Waals surface area contributed by atoms with Crippen molar-refractivity contribution in [2.45, 2.75) is 25.9 Å². The van der Waals surface area contributed by atoms with Crippen molar-refractivity contribution in [2.75, 3.05) is 57.8 Å². The maximum atomic E-state index is 13.3. The van der Waals surface area contributed by atoms with Crippen molar-refractivity contribution in [1.29, 1.82) is 0 Å². The molecule has 2 fully saturated rings. The summed E-state index contributed by atoms with van der Waals surface area (Å²) in [4.78, 5) is 30.0. The number of ether oxygens (including phenoxy) is 1. The number of anilines is 1. The van der Waals surface area contributed by atoms with E-state index < -0.39 is 5.97 Å². The number of morpholine rings is 1. The molecule has 2 aliphatic rings. The third kappa shape index (κ3) is 4.99. The Balaban J connectivity index is 1.71. The van der Waals surface area contributed by atoms with Gasteiger partial charge in [-0.2, -0.15) is 0 Å². The number of carbonyl (C=O) groups is 2. The molecule has 1 N–H and O–H groups in total. The van der Waals surface area contributed by atoms with Crippen LogP contribution < -0.4 is 4.90 Å².